The maximum Gasteiger partial charge on any atom is 0.293 e. The van der Waals surface area contributed by atoms with Gasteiger partial charge in [0.25, 0.3) is 5.56 Å². The Bertz CT molecular complexity index is 391. The zero-order valence-corrected chi connectivity index (χ0v) is 10.3. The van der Waals surface area contributed by atoms with E-state index in [0.717, 1.165) is 6.42 Å². The Labute approximate surface area is 101 Å². The second-order valence-electron chi connectivity index (χ2n) is 3.81. The average molecular weight is 240 g/mol. The second-order valence-corrected chi connectivity index (χ2v) is 3.81. The zero-order chi connectivity index (χ0) is 12.7. The number of nitrogens with two attached hydrogens (primary N) is 1. The number of nitrogens with one attached hydrogen (secondary N) is 1. The molecule has 0 fully saturated rings. The minimum atomic E-state index is -0.121. The summed E-state index contributed by atoms with van der Waals surface area (Å²) in [4.78, 5) is 16.0. The van der Waals surface area contributed by atoms with Crippen LogP contribution in [0.5, 0.6) is 0 Å². The zero-order valence-electron chi connectivity index (χ0n) is 10.3. The molecule has 96 valence electrons. The molecule has 1 rings (SSSR count). The Morgan fingerprint density at radius 3 is 3.00 bits per heavy atom. The molecule has 3 N–H and O–H groups in total. The van der Waals surface area contributed by atoms with Gasteiger partial charge in [-0.05, 0) is 6.42 Å². The van der Waals surface area contributed by atoms with Crippen LogP contribution in [0.15, 0.2) is 17.2 Å². The number of aryl methyl sites for hydroxylation is 1. The SMILES string of the molecule is CCCn1ccnc(NC(CN)COC)c1=O. The molecule has 0 saturated heterocycles. The van der Waals surface area contributed by atoms with Gasteiger partial charge in [0.15, 0.2) is 5.82 Å². The van der Waals surface area contributed by atoms with Gasteiger partial charge >= 0.3 is 0 Å². The highest BCUT2D eigenvalue weighted by molar-refractivity contribution is 5.32. The Hall–Kier alpha value is -1.40. The monoisotopic (exact) mass is 240 g/mol. The van der Waals surface area contributed by atoms with E-state index in [2.05, 4.69) is 10.3 Å². The van der Waals surface area contributed by atoms with Gasteiger partial charge in [0, 0.05) is 32.6 Å². The number of rotatable bonds is 7. The summed E-state index contributed by atoms with van der Waals surface area (Å²) in [7, 11) is 1.60. The van der Waals surface area contributed by atoms with E-state index in [1.54, 1.807) is 24.1 Å². The van der Waals surface area contributed by atoms with Gasteiger partial charge in [0.1, 0.15) is 0 Å². The van der Waals surface area contributed by atoms with Crippen LogP contribution in [0, 0.1) is 0 Å². The van der Waals surface area contributed by atoms with Crippen LogP contribution in [0.1, 0.15) is 13.3 Å². The van der Waals surface area contributed by atoms with Crippen molar-refractivity contribution >= 4 is 5.82 Å². The molecule has 0 radical (unpaired) electrons. The van der Waals surface area contributed by atoms with Gasteiger partial charge in [-0.1, -0.05) is 6.92 Å². The summed E-state index contributed by atoms with van der Waals surface area (Å²) in [6, 6.07) is -0.0994. The van der Waals surface area contributed by atoms with Crippen molar-refractivity contribution in [3.63, 3.8) is 0 Å². The number of aromatic nitrogens is 2. The van der Waals surface area contributed by atoms with E-state index in [1.807, 2.05) is 6.92 Å². The van der Waals surface area contributed by atoms with Crippen molar-refractivity contribution in [1.82, 2.24) is 9.55 Å². The summed E-state index contributed by atoms with van der Waals surface area (Å²) in [5.41, 5.74) is 5.45. The molecule has 1 aromatic rings. The fourth-order valence-corrected chi connectivity index (χ4v) is 1.53. The first-order chi connectivity index (χ1) is 8.22. The quantitative estimate of drug-likeness (QED) is 0.703. The van der Waals surface area contributed by atoms with E-state index in [-0.39, 0.29) is 11.6 Å². The molecule has 0 amide bonds. The number of nitrogens with zero attached hydrogens (tertiary/aromatic N) is 2. The van der Waals surface area contributed by atoms with E-state index in [4.69, 9.17) is 10.5 Å². The Kier molecular flexibility index (Phi) is 5.65. The van der Waals surface area contributed by atoms with Crippen LogP contribution in [-0.4, -0.2) is 35.9 Å². The molecule has 0 aromatic carbocycles. The summed E-state index contributed by atoms with van der Waals surface area (Å²) in [6.45, 7) is 3.54. The third kappa shape index (κ3) is 3.83. The van der Waals surface area contributed by atoms with Crippen LogP contribution in [0.2, 0.25) is 0 Å². The van der Waals surface area contributed by atoms with Gasteiger partial charge in [-0.25, -0.2) is 4.98 Å². The lowest BCUT2D eigenvalue weighted by atomic mass is 10.3. The summed E-state index contributed by atoms with van der Waals surface area (Å²) in [6.07, 6.45) is 4.20. The normalized spacial score (nSPS) is 12.4. The number of ether oxygens (including phenoxy) is 1. The number of hydrogen-bond acceptors (Lipinski definition) is 5. The molecule has 17 heavy (non-hydrogen) atoms. The van der Waals surface area contributed by atoms with Gasteiger partial charge in [-0.15, -0.1) is 0 Å². The standard InChI is InChI=1S/C11H20N4O2/c1-3-5-15-6-4-13-10(11(15)16)14-9(7-12)8-17-2/h4,6,9H,3,5,7-8,12H2,1-2H3,(H,13,14). The smallest absolute Gasteiger partial charge is 0.293 e. The maximum absolute atomic E-state index is 12.0. The maximum atomic E-state index is 12.0. The third-order valence-corrected chi connectivity index (χ3v) is 2.37. The van der Waals surface area contributed by atoms with Crippen molar-refractivity contribution in [3.8, 4) is 0 Å². The number of methoxy groups -OCH3 is 1. The molecule has 6 nitrogen and oxygen atoms in total. The lowest BCUT2D eigenvalue weighted by Gasteiger charge is -2.16. The molecule has 6 heteroatoms. The minimum Gasteiger partial charge on any atom is -0.383 e. The van der Waals surface area contributed by atoms with E-state index >= 15 is 0 Å². The molecular formula is C11H20N4O2. The van der Waals surface area contributed by atoms with Crippen LogP contribution in [0.3, 0.4) is 0 Å². The molecule has 1 unspecified atom stereocenters. The van der Waals surface area contributed by atoms with Gasteiger partial charge in [-0.3, -0.25) is 4.79 Å². The Morgan fingerprint density at radius 1 is 1.65 bits per heavy atom. The fourth-order valence-electron chi connectivity index (χ4n) is 1.53. The molecular weight excluding hydrogens is 220 g/mol. The fraction of sp³-hybridized carbons (Fsp3) is 0.636. The Morgan fingerprint density at radius 2 is 2.41 bits per heavy atom. The first kappa shape index (κ1) is 13.7. The van der Waals surface area contributed by atoms with Crippen molar-refractivity contribution in [2.45, 2.75) is 25.9 Å². The van der Waals surface area contributed by atoms with E-state index in [1.165, 1.54) is 0 Å². The summed E-state index contributed by atoms with van der Waals surface area (Å²) >= 11 is 0. The highest BCUT2D eigenvalue weighted by atomic mass is 16.5. The first-order valence-electron chi connectivity index (χ1n) is 5.73. The predicted molar refractivity (Wildman–Crippen MR) is 67.1 cm³/mol. The molecule has 0 spiro atoms. The number of anilines is 1. The van der Waals surface area contributed by atoms with Crippen molar-refractivity contribution in [2.24, 2.45) is 5.73 Å². The van der Waals surface area contributed by atoms with Crippen LogP contribution in [0.4, 0.5) is 5.82 Å². The van der Waals surface area contributed by atoms with Gasteiger partial charge in [0.2, 0.25) is 0 Å². The first-order valence-corrected chi connectivity index (χ1v) is 5.73. The highest BCUT2D eigenvalue weighted by Crippen LogP contribution is 1.97. The number of hydrogen-bond donors (Lipinski definition) is 2. The molecule has 0 bridgehead atoms. The largest absolute Gasteiger partial charge is 0.383 e. The molecule has 0 aliphatic carbocycles. The topological polar surface area (TPSA) is 82.2 Å². The van der Waals surface area contributed by atoms with E-state index in [0.29, 0.717) is 25.5 Å². The molecule has 0 aliphatic rings. The summed E-state index contributed by atoms with van der Waals surface area (Å²) in [5.74, 6) is 0.327. The van der Waals surface area contributed by atoms with Gasteiger partial charge in [0.05, 0.1) is 12.6 Å². The highest BCUT2D eigenvalue weighted by Gasteiger charge is 2.10. The van der Waals surface area contributed by atoms with E-state index < -0.39 is 0 Å². The molecule has 1 heterocycles. The van der Waals surface area contributed by atoms with Crippen molar-refractivity contribution in [2.75, 3.05) is 25.6 Å². The van der Waals surface area contributed by atoms with Crippen LogP contribution >= 0.6 is 0 Å². The van der Waals surface area contributed by atoms with Crippen LogP contribution in [0.25, 0.3) is 0 Å². The average Bonchev–Trinajstić information content (AvgIpc) is 2.33. The van der Waals surface area contributed by atoms with Gasteiger partial charge < -0.3 is 20.4 Å². The van der Waals surface area contributed by atoms with Crippen LogP contribution < -0.4 is 16.6 Å². The molecule has 1 aromatic heterocycles. The lowest BCUT2D eigenvalue weighted by molar-refractivity contribution is 0.187. The predicted octanol–water partition coefficient (Wildman–Crippen LogP) is 0.0389. The summed E-state index contributed by atoms with van der Waals surface area (Å²) in [5, 5.41) is 3.00. The van der Waals surface area contributed by atoms with Crippen LogP contribution in [-0.2, 0) is 11.3 Å². The lowest BCUT2D eigenvalue weighted by Crippen LogP contribution is -2.36. The van der Waals surface area contributed by atoms with Crippen molar-refractivity contribution in [1.29, 1.82) is 0 Å². The van der Waals surface area contributed by atoms with Crippen molar-refractivity contribution < 1.29 is 4.74 Å². The second kappa shape index (κ2) is 7.03. The molecule has 0 saturated carbocycles. The van der Waals surface area contributed by atoms with E-state index in [9.17, 15) is 4.79 Å². The van der Waals surface area contributed by atoms with Crippen molar-refractivity contribution in [3.05, 3.63) is 22.7 Å². The third-order valence-electron chi connectivity index (χ3n) is 2.37. The molecule has 1 atom stereocenters. The van der Waals surface area contributed by atoms with Gasteiger partial charge in [-0.2, -0.15) is 0 Å². The Balaban J connectivity index is 2.83. The summed E-state index contributed by atoms with van der Waals surface area (Å²) < 4.78 is 6.64. The minimum absolute atomic E-state index is 0.0994. The molecule has 0 aliphatic heterocycles.